The summed E-state index contributed by atoms with van der Waals surface area (Å²) in [5.41, 5.74) is 6.50. The van der Waals surface area contributed by atoms with Crippen LogP contribution < -0.4 is 11.1 Å². The van der Waals surface area contributed by atoms with Crippen LogP contribution in [0.5, 0.6) is 0 Å². The fraction of sp³-hybridized carbons (Fsp3) is 0.600. The van der Waals surface area contributed by atoms with Crippen molar-refractivity contribution in [2.45, 2.75) is 18.3 Å². The smallest absolute Gasteiger partial charge is 0.352 e. The van der Waals surface area contributed by atoms with Crippen LogP contribution in [0.1, 0.15) is 6.92 Å². The Morgan fingerprint density at radius 3 is 3.00 bits per heavy atom. The topological polar surface area (TPSA) is 95.7 Å². The lowest BCUT2D eigenvalue weighted by atomic mass is 10.0. The number of amides is 1. The van der Waals surface area contributed by atoms with Crippen LogP contribution in [-0.4, -0.2) is 52.1 Å². The molecule has 1 amide bonds. The zero-order valence-corrected chi connectivity index (χ0v) is 10.3. The molecule has 94 valence electrons. The lowest BCUT2D eigenvalue weighted by Crippen LogP contribution is -2.68. The van der Waals surface area contributed by atoms with Crippen LogP contribution in [0.2, 0.25) is 0 Å². The number of nitrogens with zero attached hydrogens (tertiary/aromatic N) is 1. The molecule has 0 aliphatic carbocycles. The number of aliphatic carboxylic acids is 1. The Labute approximate surface area is 103 Å². The zero-order valence-electron chi connectivity index (χ0n) is 9.47. The second-order valence-electron chi connectivity index (χ2n) is 3.97. The predicted molar refractivity (Wildman–Crippen MR) is 64.3 cm³/mol. The summed E-state index contributed by atoms with van der Waals surface area (Å²) in [4.78, 5) is 24.2. The van der Waals surface area contributed by atoms with Crippen molar-refractivity contribution >= 4 is 23.6 Å². The van der Waals surface area contributed by atoms with Gasteiger partial charge in [-0.1, -0.05) is 6.92 Å². The van der Waals surface area contributed by atoms with Crippen LogP contribution in [-0.2, 0) is 9.59 Å². The molecule has 1 unspecified atom stereocenters. The van der Waals surface area contributed by atoms with Crippen LogP contribution in [0.25, 0.3) is 0 Å². The van der Waals surface area contributed by atoms with Crippen molar-refractivity contribution in [3.05, 3.63) is 11.3 Å². The van der Waals surface area contributed by atoms with Crippen molar-refractivity contribution in [3.8, 4) is 0 Å². The molecule has 1 saturated heterocycles. The highest BCUT2D eigenvalue weighted by Crippen LogP contribution is 2.39. The van der Waals surface area contributed by atoms with Crippen LogP contribution in [0.4, 0.5) is 0 Å². The first-order chi connectivity index (χ1) is 8.07. The minimum absolute atomic E-state index is 0.112. The van der Waals surface area contributed by atoms with Gasteiger partial charge in [-0.15, -0.1) is 11.8 Å². The molecule has 2 heterocycles. The maximum atomic E-state index is 11.6. The van der Waals surface area contributed by atoms with Crippen LogP contribution in [0.3, 0.4) is 0 Å². The number of fused-ring (bicyclic) bond motifs is 1. The Bertz CT molecular complexity index is 396. The molecule has 17 heavy (non-hydrogen) atoms. The molecular weight excluding hydrogens is 242 g/mol. The van der Waals surface area contributed by atoms with E-state index >= 15 is 0 Å². The van der Waals surface area contributed by atoms with Gasteiger partial charge in [0.1, 0.15) is 17.1 Å². The highest BCUT2D eigenvalue weighted by atomic mass is 32.2. The fourth-order valence-electron chi connectivity index (χ4n) is 1.99. The molecule has 0 aromatic heterocycles. The average molecular weight is 257 g/mol. The summed E-state index contributed by atoms with van der Waals surface area (Å²) < 4.78 is 0. The minimum Gasteiger partial charge on any atom is -0.477 e. The van der Waals surface area contributed by atoms with Gasteiger partial charge in [0, 0.05) is 12.3 Å². The van der Waals surface area contributed by atoms with E-state index in [1.807, 2.05) is 6.92 Å². The Hall–Kier alpha value is -1.05. The first-order valence-electron chi connectivity index (χ1n) is 5.44. The Balaban J connectivity index is 2.26. The monoisotopic (exact) mass is 257 g/mol. The SMILES string of the molecule is CCNCC1=C(C(=O)O)N2C(=O)C(N)[C@@H]2SC1. The zero-order chi connectivity index (χ0) is 12.6. The molecular formula is C10H15N3O3S. The van der Waals surface area contributed by atoms with Gasteiger partial charge in [-0.25, -0.2) is 4.79 Å². The molecule has 0 aromatic rings. The minimum atomic E-state index is -1.05. The van der Waals surface area contributed by atoms with Crippen LogP contribution >= 0.6 is 11.8 Å². The van der Waals surface area contributed by atoms with Crippen molar-refractivity contribution in [1.29, 1.82) is 0 Å². The molecule has 0 spiro atoms. The number of hydrogen-bond donors (Lipinski definition) is 3. The largest absolute Gasteiger partial charge is 0.477 e. The molecule has 0 aromatic carbocycles. The van der Waals surface area contributed by atoms with E-state index in [4.69, 9.17) is 5.73 Å². The molecule has 2 rings (SSSR count). The van der Waals surface area contributed by atoms with Gasteiger partial charge in [0.2, 0.25) is 5.91 Å². The van der Waals surface area contributed by atoms with E-state index in [2.05, 4.69) is 5.32 Å². The second-order valence-corrected chi connectivity index (χ2v) is 5.08. The third-order valence-corrected chi connectivity index (χ3v) is 4.24. The third kappa shape index (κ3) is 1.94. The summed E-state index contributed by atoms with van der Waals surface area (Å²) in [6.45, 7) is 3.21. The summed E-state index contributed by atoms with van der Waals surface area (Å²) in [5, 5.41) is 12.1. The molecule has 7 heteroatoms. The number of carboxylic acids is 1. The van der Waals surface area contributed by atoms with Gasteiger partial charge in [-0.05, 0) is 12.1 Å². The summed E-state index contributed by atoms with van der Waals surface area (Å²) in [7, 11) is 0. The quantitative estimate of drug-likeness (QED) is 0.569. The van der Waals surface area contributed by atoms with Crippen molar-refractivity contribution in [1.82, 2.24) is 10.2 Å². The number of nitrogens with one attached hydrogen (secondary N) is 1. The normalized spacial score (nSPS) is 27.9. The maximum Gasteiger partial charge on any atom is 0.352 e. The first-order valence-corrected chi connectivity index (χ1v) is 6.49. The second kappa shape index (κ2) is 4.67. The highest BCUT2D eigenvalue weighted by Gasteiger charge is 2.51. The number of nitrogens with two attached hydrogens (primary N) is 1. The summed E-state index contributed by atoms with van der Waals surface area (Å²) in [6.07, 6.45) is 0. The molecule has 0 bridgehead atoms. The molecule has 4 N–H and O–H groups in total. The van der Waals surface area contributed by atoms with Gasteiger partial charge < -0.3 is 16.2 Å². The summed E-state index contributed by atoms with van der Waals surface area (Å²) >= 11 is 1.52. The van der Waals surface area contributed by atoms with Gasteiger partial charge in [-0.3, -0.25) is 9.69 Å². The van der Waals surface area contributed by atoms with E-state index in [0.717, 1.165) is 12.1 Å². The molecule has 2 aliphatic heterocycles. The third-order valence-electron chi connectivity index (χ3n) is 2.88. The Morgan fingerprint density at radius 1 is 1.71 bits per heavy atom. The molecule has 0 radical (unpaired) electrons. The number of hydrogen-bond acceptors (Lipinski definition) is 5. The number of likely N-dealkylation sites (N-methyl/N-ethyl adjacent to an activating group) is 1. The first kappa shape index (κ1) is 12.4. The van der Waals surface area contributed by atoms with Crippen molar-refractivity contribution in [3.63, 3.8) is 0 Å². The van der Waals surface area contributed by atoms with Gasteiger partial charge in [0.15, 0.2) is 0 Å². The van der Waals surface area contributed by atoms with E-state index in [9.17, 15) is 14.7 Å². The van der Waals surface area contributed by atoms with E-state index in [-0.39, 0.29) is 17.0 Å². The average Bonchev–Trinajstić information content (AvgIpc) is 2.33. The van der Waals surface area contributed by atoms with Gasteiger partial charge >= 0.3 is 5.97 Å². The Kier molecular flexibility index (Phi) is 3.41. The van der Waals surface area contributed by atoms with Gasteiger partial charge in [-0.2, -0.15) is 0 Å². The lowest BCUT2D eigenvalue weighted by molar-refractivity contribution is -0.147. The van der Waals surface area contributed by atoms with E-state index < -0.39 is 12.0 Å². The fourth-order valence-corrected chi connectivity index (χ4v) is 3.28. The van der Waals surface area contributed by atoms with E-state index in [1.165, 1.54) is 16.7 Å². The lowest BCUT2D eigenvalue weighted by Gasteiger charge is -2.48. The molecule has 6 nitrogen and oxygen atoms in total. The number of rotatable bonds is 4. The van der Waals surface area contributed by atoms with Gasteiger partial charge in [0.25, 0.3) is 0 Å². The Morgan fingerprint density at radius 2 is 2.41 bits per heavy atom. The van der Waals surface area contributed by atoms with E-state index in [1.54, 1.807) is 0 Å². The van der Waals surface area contributed by atoms with Crippen LogP contribution in [0.15, 0.2) is 11.3 Å². The number of carboxylic acid groups (broad SMARTS) is 1. The number of carbonyl (C=O) groups excluding carboxylic acids is 1. The van der Waals surface area contributed by atoms with E-state index in [0.29, 0.717) is 12.3 Å². The van der Waals surface area contributed by atoms with Crippen LogP contribution in [0, 0.1) is 0 Å². The molecule has 1 fully saturated rings. The van der Waals surface area contributed by atoms with Crippen molar-refractivity contribution < 1.29 is 14.7 Å². The molecule has 2 aliphatic rings. The highest BCUT2D eigenvalue weighted by molar-refractivity contribution is 8.00. The number of thioether (sulfide) groups is 1. The standard InChI is InChI=1S/C10H15N3O3S/c1-2-12-3-5-4-17-9-6(11)8(14)13(9)7(5)10(15)16/h6,9,12H,2-4,11H2,1H3,(H,15,16)/t6?,9-/m0/s1. The number of β-lactam (4-membered cyclic amide) rings is 1. The summed E-state index contributed by atoms with van der Waals surface area (Å²) in [6, 6.07) is -0.560. The van der Waals surface area contributed by atoms with Gasteiger partial charge in [0.05, 0.1) is 0 Å². The van der Waals surface area contributed by atoms with Crippen molar-refractivity contribution in [2.75, 3.05) is 18.8 Å². The maximum absolute atomic E-state index is 11.6. The predicted octanol–water partition coefficient (Wildman–Crippen LogP) is -0.823. The molecule has 0 saturated carbocycles. The molecule has 2 atom stereocenters. The number of carbonyl (C=O) groups is 2. The summed E-state index contributed by atoms with van der Waals surface area (Å²) in [5.74, 6) is -0.742. The van der Waals surface area contributed by atoms with Crippen molar-refractivity contribution in [2.24, 2.45) is 5.73 Å².